The standard InChI is InChI=1S/C11H18NO6P/c1-3-7-16-19(15,17-8-4-2)9-10-5-6-11(18-10)12(13)14/h5-6H,3-4,7-9H2,1-2H3. The molecule has 0 spiro atoms. The molecule has 8 heteroatoms. The average Bonchev–Trinajstić information content (AvgIpc) is 2.82. The first-order valence-corrected chi connectivity index (χ1v) is 7.84. The molecule has 0 amide bonds. The Bertz CT molecular complexity index is 446. The van der Waals surface area contributed by atoms with Crippen molar-refractivity contribution < 1.29 is 23.0 Å². The van der Waals surface area contributed by atoms with Crippen molar-refractivity contribution in [2.75, 3.05) is 13.2 Å². The Morgan fingerprint density at radius 3 is 2.26 bits per heavy atom. The van der Waals surface area contributed by atoms with Crippen LogP contribution in [0.3, 0.4) is 0 Å². The van der Waals surface area contributed by atoms with E-state index in [-0.39, 0.29) is 17.8 Å². The minimum absolute atomic E-state index is 0.0964. The molecule has 1 rings (SSSR count). The summed E-state index contributed by atoms with van der Waals surface area (Å²) >= 11 is 0. The van der Waals surface area contributed by atoms with Crippen LogP contribution in [0.15, 0.2) is 16.5 Å². The number of hydrogen-bond donors (Lipinski definition) is 0. The molecule has 0 bridgehead atoms. The van der Waals surface area contributed by atoms with Crippen molar-refractivity contribution in [3.8, 4) is 0 Å². The first kappa shape index (κ1) is 15.9. The van der Waals surface area contributed by atoms with E-state index in [0.29, 0.717) is 26.1 Å². The van der Waals surface area contributed by atoms with E-state index < -0.39 is 12.5 Å². The van der Waals surface area contributed by atoms with Crippen molar-refractivity contribution in [2.24, 2.45) is 0 Å². The monoisotopic (exact) mass is 291 g/mol. The molecule has 108 valence electrons. The van der Waals surface area contributed by atoms with E-state index in [1.54, 1.807) is 0 Å². The highest BCUT2D eigenvalue weighted by atomic mass is 31.2. The summed E-state index contributed by atoms with van der Waals surface area (Å²) in [6.07, 6.45) is 1.32. The molecule has 7 nitrogen and oxygen atoms in total. The van der Waals surface area contributed by atoms with Crippen LogP contribution in [-0.4, -0.2) is 18.1 Å². The van der Waals surface area contributed by atoms with Crippen LogP contribution in [0, 0.1) is 10.1 Å². The predicted octanol–water partition coefficient (Wildman–Crippen LogP) is 3.73. The minimum Gasteiger partial charge on any atom is -0.405 e. The van der Waals surface area contributed by atoms with Gasteiger partial charge in [0.1, 0.15) is 16.8 Å². The molecule has 0 N–H and O–H groups in total. The van der Waals surface area contributed by atoms with Gasteiger partial charge in [0.05, 0.1) is 19.3 Å². The van der Waals surface area contributed by atoms with Gasteiger partial charge in [-0.2, -0.15) is 0 Å². The van der Waals surface area contributed by atoms with Crippen LogP contribution < -0.4 is 0 Å². The fraction of sp³-hybridized carbons (Fsp3) is 0.636. The first-order valence-electron chi connectivity index (χ1n) is 6.12. The molecule has 0 aliphatic heterocycles. The zero-order valence-corrected chi connectivity index (χ0v) is 11.9. The molecule has 0 aromatic carbocycles. The van der Waals surface area contributed by atoms with Crippen LogP contribution >= 0.6 is 7.60 Å². The Kier molecular flexibility index (Phi) is 6.21. The predicted molar refractivity (Wildman–Crippen MR) is 69.2 cm³/mol. The number of rotatable bonds is 9. The summed E-state index contributed by atoms with van der Waals surface area (Å²) in [7, 11) is -3.31. The van der Waals surface area contributed by atoms with Crippen LogP contribution in [0.1, 0.15) is 32.4 Å². The van der Waals surface area contributed by atoms with Crippen molar-refractivity contribution in [2.45, 2.75) is 32.9 Å². The second-order valence-electron chi connectivity index (χ2n) is 3.93. The average molecular weight is 291 g/mol. The van der Waals surface area contributed by atoms with Crippen molar-refractivity contribution in [1.82, 2.24) is 0 Å². The molecule has 0 aliphatic carbocycles. The van der Waals surface area contributed by atoms with Crippen LogP contribution in [0.2, 0.25) is 0 Å². The lowest BCUT2D eigenvalue weighted by Crippen LogP contribution is -2.00. The molecule has 0 radical (unpaired) electrons. The number of furan rings is 1. The molecule has 0 aliphatic rings. The highest BCUT2D eigenvalue weighted by Gasteiger charge is 2.27. The van der Waals surface area contributed by atoms with Crippen molar-refractivity contribution in [3.63, 3.8) is 0 Å². The fourth-order valence-corrected chi connectivity index (χ4v) is 3.06. The molecular weight excluding hydrogens is 273 g/mol. The number of nitro groups is 1. The summed E-state index contributed by atoms with van der Waals surface area (Å²) in [6, 6.07) is 2.63. The third kappa shape index (κ3) is 5.14. The molecule has 0 saturated carbocycles. The Morgan fingerprint density at radius 2 is 1.84 bits per heavy atom. The molecular formula is C11H18NO6P. The van der Waals surface area contributed by atoms with Gasteiger partial charge in [-0.15, -0.1) is 0 Å². The van der Waals surface area contributed by atoms with Crippen molar-refractivity contribution >= 4 is 13.5 Å². The van der Waals surface area contributed by atoms with E-state index in [9.17, 15) is 14.7 Å². The van der Waals surface area contributed by atoms with Gasteiger partial charge in [-0.1, -0.05) is 13.8 Å². The van der Waals surface area contributed by atoms with E-state index in [1.165, 1.54) is 12.1 Å². The van der Waals surface area contributed by atoms with Gasteiger partial charge < -0.3 is 13.5 Å². The molecule has 19 heavy (non-hydrogen) atoms. The highest BCUT2D eigenvalue weighted by molar-refractivity contribution is 7.53. The second-order valence-corrected chi connectivity index (χ2v) is 5.99. The maximum Gasteiger partial charge on any atom is 0.433 e. The van der Waals surface area contributed by atoms with E-state index in [4.69, 9.17) is 13.5 Å². The van der Waals surface area contributed by atoms with Gasteiger partial charge in [-0.25, -0.2) is 0 Å². The van der Waals surface area contributed by atoms with Crippen LogP contribution in [0.5, 0.6) is 0 Å². The van der Waals surface area contributed by atoms with E-state index in [0.717, 1.165) is 0 Å². The largest absolute Gasteiger partial charge is 0.433 e. The molecule has 1 aromatic rings. The number of hydrogen-bond acceptors (Lipinski definition) is 6. The smallest absolute Gasteiger partial charge is 0.405 e. The molecule has 0 atom stereocenters. The third-order valence-corrected chi connectivity index (χ3v) is 4.01. The zero-order valence-electron chi connectivity index (χ0n) is 11.0. The van der Waals surface area contributed by atoms with E-state index >= 15 is 0 Å². The van der Waals surface area contributed by atoms with Gasteiger partial charge in [0, 0.05) is 0 Å². The molecule has 0 saturated heterocycles. The maximum atomic E-state index is 12.4. The molecule has 1 heterocycles. The van der Waals surface area contributed by atoms with Gasteiger partial charge in [-0.05, 0) is 18.9 Å². The minimum atomic E-state index is -3.31. The number of nitrogens with zero attached hydrogens (tertiary/aromatic N) is 1. The fourth-order valence-electron chi connectivity index (χ4n) is 1.33. The highest BCUT2D eigenvalue weighted by Crippen LogP contribution is 2.52. The summed E-state index contributed by atoms with van der Waals surface area (Å²) in [4.78, 5) is 9.86. The summed E-state index contributed by atoms with van der Waals surface area (Å²) in [5.74, 6) is -0.158. The summed E-state index contributed by atoms with van der Waals surface area (Å²) in [5.41, 5.74) is 0. The van der Waals surface area contributed by atoms with Gasteiger partial charge >= 0.3 is 13.5 Å². The molecule has 1 aromatic heterocycles. The van der Waals surface area contributed by atoms with Crippen molar-refractivity contribution in [3.05, 3.63) is 28.0 Å². The normalized spacial score (nSPS) is 11.7. The Morgan fingerprint density at radius 1 is 1.26 bits per heavy atom. The van der Waals surface area contributed by atoms with Crippen LogP contribution in [0.25, 0.3) is 0 Å². The lowest BCUT2D eigenvalue weighted by atomic mass is 10.5. The van der Waals surface area contributed by atoms with Gasteiger partial charge in [0.2, 0.25) is 0 Å². The first-order chi connectivity index (χ1) is 9.00. The second kappa shape index (κ2) is 7.43. The Labute approximate surface area is 111 Å². The lowest BCUT2D eigenvalue weighted by Gasteiger charge is -2.16. The van der Waals surface area contributed by atoms with Gasteiger partial charge in [0.25, 0.3) is 0 Å². The van der Waals surface area contributed by atoms with E-state index in [2.05, 4.69) is 0 Å². The zero-order chi connectivity index (χ0) is 14.3. The summed E-state index contributed by atoms with van der Waals surface area (Å²) in [5, 5.41) is 10.5. The third-order valence-electron chi connectivity index (χ3n) is 2.16. The lowest BCUT2D eigenvalue weighted by molar-refractivity contribution is -0.402. The van der Waals surface area contributed by atoms with Gasteiger partial charge in [0.15, 0.2) is 0 Å². The van der Waals surface area contributed by atoms with E-state index in [1.807, 2.05) is 13.8 Å². The van der Waals surface area contributed by atoms with Crippen LogP contribution in [-0.2, 0) is 19.8 Å². The SMILES string of the molecule is CCCOP(=O)(Cc1ccc([N+](=O)[O-])o1)OCCC. The summed E-state index contributed by atoms with van der Waals surface area (Å²) in [6.45, 7) is 4.40. The Hall–Kier alpha value is -1.17. The van der Waals surface area contributed by atoms with Crippen LogP contribution in [0.4, 0.5) is 5.88 Å². The topological polar surface area (TPSA) is 91.8 Å². The molecule has 0 fully saturated rings. The Balaban J connectivity index is 2.74. The molecule has 0 unspecified atom stereocenters. The summed E-state index contributed by atoms with van der Waals surface area (Å²) < 4.78 is 27.9. The quantitative estimate of drug-likeness (QED) is 0.391. The van der Waals surface area contributed by atoms with Crippen molar-refractivity contribution in [1.29, 1.82) is 0 Å². The maximum absolute atomic E-state index is 12.4. The van der Waals surface area contributed by atoms with Gasteiger partial charge in [-0.3, -0.25) is 14.7 Å².